The number of carbonyl (C=O) groups excluding carboxylic acids is 2. The summed E-state index contributed by atoms with van der Waals surface area (Å²) >= 11 is 1.49. The van der Waals surface area contributed by atoms with E-state index < -0.39 is 0 Å². The maximum absolute atomic E-state index is 12.8. The lowest BCUT2D eigenvalue weighted by Gasteiger charge is -2.18. The summed E-state index contributed by atoms with van der Waals surface area (Å²) in [5.74, 6) is 0.441. The minimum atomic E-state index is -0.348. The molecule has 0 saturated heterocycles. The number of benzene rings is 1. The van der Waals surface area contributed by atoms with Crippen LogP contribution < -0.4 is 10.1 Å². The second-order valence-corrected chi connectivity index (χ2v) is 7.95. The van der Waals surface area contributed by atoms with Crippen LogP contribution in [0.1, 0.15) is 57.8 Å². The molecule has 1 amide bonds. The van der Waals surface area contributed by atoms with E-state index in [9.17, 15) is 9.59 Å². The number of carbonyl (C=O) groups is 2. The molecule has 6 heteroatoms. The van der Waals surface area contributed by atoms with E-state index in [1.807, 2.05) is 13.0 Å². The second kappa shape index (κ2) is 8.57. The van der Waals surface area contributed by atoms with Gasteiger partial charge in [-0.25, -0.2) is 4.79 Å². The maximum Gasteiger partial charge on any atom is 0.341 e. The molecule has 0 radical (unpaired) electrons. The molecule has 0 aliphatic heterocycles. The number of hydrogen-bond acceptors (Lipinski definition) is 5. The van der Waals surface area contributed by atoms with E-state index in [0.717, 1.165) is 31.2 Å². The van der Waals surface area contributed by atoms with E-state index in [1.54, 1.807) is 18.2 Å². The van der Waals surface area contributed by atoms with Gasteiger partial charge in [0, 0.05) is 4.88 Å². The highest BCUT2D eigenvalue weighted by Gasteiger charge is 2.29. The second-order valence-electron chi connectivity index (χ2n) is 6.85. The van der Waals surface area contributed by atoms with Gasteiger partial charge in [0.25, 0.3) is 5.91 Å². The highest BCUT2D eigenvalue weighted by molar-refractivity contribution is 7.17. The van der Waals surface area contributed by atoms with Crippen molar-refractivity contribution >= 4 is 28.2 Å². The van der Waals surface area contributed by atoms with Crippen LogP contribution in [0, 0.1) is 5.92 Å². The maximum atomic E-state index is 12.8. The molecule has 5 nitrogen and oxygen atoms in total. The number of rotatable bonds is 6. The standard InChI is InChI=1S/C21H25NO4S/c1-4-11-26-21(24)18-15-10-9-13(2)12-17(15)27-20(18)22-19(23)14-7-5-6-8-16(14)25-3/h5-8,13H,4,9-12H2,1-3H3,(H,22,23)/t13-/m0/s1. The number of esters is 1. The number of ether oxygens (including phenoxy) is 2. The lowest BCUT2D eigenvalue weighted by Crippen LogP contribution is -2.17. The molecule has 1 atom stereocenters. The molecule has 1 aromatic heterocycles. The Morgan fingerprint density at radius 3 is 2.81 bits per heavy atom. The molecule has 1 aromatic carbocycles. The number of fused-ring (bicyclic) bond motifs is 1. The Balaban J connectivity index is 1.94. The first-order valence-corrected chi connectivity index (χ1v) is 10.1. The number of amides is 1. The van der Waals surface area contributed by atoms with Gasteiger partial charge >= 0.3 is 5.97 Å². The zero-order valence-corrected chi connectivity index (χ0v) is 16.8. The molecule has 0 spiro atoms. The van der Waals surface area contributed by atoms with Gasteiger partial charge in [-0.3, -0.25) is 4.79 Å². The van der Waals surface area contributed by atoms with Gasteiger partial charge in [0.2, 0.25) is 0 Å². The molecule has 2 aromatic rings. The quantitative estimate of drug-likeness (QED) is 0.730. The smallest absolute Gasteiger partial charge is 0.341 e. The molecule has 3 rings (SSSR count). The summed E-state index contributed by atoms with van der Waals surface area (Å²) in [5.41, 5.74) is 2.00. The monoisotopic (exact) mass is 387 g/mol. The van der Waals surface area contributed by atoms with Crippen molar-refractivity contribution in [2.45, 2.75) is 39.5 Å². The molecular formula is C21H25NO4S. The molecular weight excluding hydrogens is 362 g/mol. The first-order valence-electron chi connectivity index (χ1n) is 9.31. The van der Waals surface area contributed by atoms with Crippen LogP contribution in [-0.2, 0) is 17.6 Å². The molecule has 27 heavy (non-hydrogen) atoms. The van der Waals surface area contributed by atoms with Crippen molar-refractivity contribution in [3.8, 4) is 5.75 Å². The molecule has 0 bridgehead atoms. The van der Waals surface area contributed by atoms with Crippen molar-refractivity contribution in [3.05, 3.63) is 45.8 Å². The first kappa shape index (κ1) is 19.4. The van der Waals surface area contributed by atoms with Crippen LogP contribution in [0.2, 0.25) is 0 Å². The highest BCUT2D eigenvalue weighted by atomic mass is 32.1. The largest absolute Gasteiger partial charge is 0.496 e. The van der Waals surface area contributed by atoms with Crippen molar-refractivity contribution in [3.63, 3.8) is 0 Å². The van der Waals surface area contributed by atoms with Gasteiger partial charge in [0.15, 0.2) is 0 Å². The van der Waals surface area contributed by atoms with Crippen molar-refractivity contribution < 1.29 is 19.1 Å². The van der Waals surface area contributed by atoms with Gasteiger partial charge in [-0.2, -0.15) is 0 Å². The van der Waals surface area contributed by atoms with E-state index >= 15 is 0 Å². The summed E-state index contributed by atoms with van der Waals surface area (Å²) in [7, 11) is 1.53. The minimum Gasteiger partial charge on any atom is -0.496 e. The normalized spacial score (nSPS) is 15.7. The summed E-state index contributed by atoms with van der Waals surface area (Å²) < 4.78 is 10.7. The van der Waals surface area contributed by atoms with E-state index in [1.165, 1.54) is 23.3 Å². The highest BCUT2D eigenvalue weighted by Crippen LogP contribution is 2.40. The lowest BCUT2D eigenvalue weighted by atomic mass is 9.88. The van der Waals surface area contributed by atoms with Gasteiger partial charge in [-0.15, -0.1) is 11.3 Å². The van der Waals surface area contributed by atoms with Crippen molar-refractivity contribution in [1.29, 1.82) is 0 Å². The summed E-state index contributed by atoms with van der Waals surface area (Å²) in [6, 6.07) is 7.05. The number of anilines is 1. The van der Waals surface area contributed by atoms with Crippen LogP contribution in [-0.4, -0.2) is 25.6 Å². The van der Waals surface area contributed by atoms with Gasteiger partial charge < -0.3 is 14.8 Å². The molecule has 1 aliphatic carbocycles. The lowest BCUT2D eigenvalue weighted by molar-refractivity contribution is 0.0505. The van der Waals surface area contributed by atoms with Crippen molar-refractivity contribution in [1.82, 2.24) is 0 Å². The van der Waals surface area contributed by atoms with Crippen LogP contribution in [0.3, 0.4) is 0 Å². The molecule has 0 saturated carbocycles. The van der Waals surface area contributed by atoms with Gasteiger partial charge in [0.1, 0.15) is 10.8 Å². The van der Waals surface area contributed by atoms with Crippen LogP contribution >= 0.6 is 11.3 Å². The van der Waals surface area contributed by atoms with E-state index in [-0.39, 0.29) is 11.9 Å². The minimum absolute atomic E-state index is 0.288. The zero-order valence-electron chi connectivity index (χ0n) is 16.0. The molecule has 1 aliphatic rings. The summed E-state index contributed by atoms with van der Waals surface area (Å²) in [4.78, 5) is 26.7. The third kappa shape index (κ3) is 4.16. The van der Waals surface area contributed by atoms with Crippen molar-refractivity contribution in [2.24, 2.45) is 5.92 Å². The number of methoxy groups -OCH3 is 1. The third-order valence-corrected chi connectivity index (χ3v) is 5.90. The van der Waals surface area contributed by atoms with E-state index in [4.69, 9.17) is 9.47 Å². The average Bonchev–Trinajstić information content (AvgIpc) is 3.02. The number of hydrogen-bond donors (Lipinski definition) is 1. The van der Waals surface area contributed by atoms with Gasteiger partial charge in [-0.1, -0.05) is 26.0 Å². The Hall–Kier alpha value is -2.34. The third-order valence-electron chi connectivity index (χ3n) is 4.73. The summed E-state index contributed by atoms with van der Waals surface area (Å²) in [6.07, 6.45) is 3.57. The van der Waals surface area contributed by atoms with E-state index in [2.05, 4.69) is 12.2 Å². The predicted octanol–water partition coefficient (Wildman–Crippen LogP) is 4.70. The first-order chi connectivity index (χ1) is 13.0. The molecule has 0 fully saturated rings. The Labute approximate surface area is 163 Å². The fraction of sp³-hybridized carbons (Fsp3) is 0.429. The van der Waals surface area contributed by atoms with Crippen LogP contribution in [0.4, 0.5) is 5.00 Å². The Kier molecular flexibility index (Phi) is 6.16. The molecule has 144 valence electrons. The SMILES string of the molecule is CCCOC(=O)c1c(NC(=O)c2ccccc2OC)sc2c1CC[C@H](C)C2. The number of para-hydroxylation sites is 1. The molecule has 0 unspecified atom stereocenters. The average molecular weight is 388 g/mol. The summed E-state index contributed by atoms with van der Waals surface area (Å²) in [6.45, 7) is 4.55. The Bertz CT molecular complexity index is 843. The van der Waals surface area contributed by atoms with Crippen LogP contribution in [0.25, 0.3) is 0 Å². The van der Waals surface area contributed by atoms with Crippen LogP contribution in [0.15, 0.2) is 24.3 Å². The van der Waals surface area contributed by atoms with E-state index in [0.29, 0.717) is 34.4 Å². The Morgan fingerprint density at radius 2 is 2.07 bits per heavy atom. The topological polar surface area (TPSA) is 64.6 Å². The number of nitrogens with one attached hydrogen (secondary N) is 1. The van der Waals surface area contributed by atoms with Crippen molar-refractivity contribution in [2.75, 3.05) is 19.0 Å². The molecule has 1 N–H and O–H groups in total. The van der Waals surface area contributed by atoms with Gasteiger partial charge in [0.05, 0.1) is 24.8 Å². The predicted molar refractivity (Wildman–Crippen MR) is 107 cm³/mol. The fourth-order valence-electron chi connectivity index (χ4n) is 3.32. The Morgan fingerprint density at radius 1 is 1.30 bits per heavy atom. The summed E-state index contributed by atoms with van der Waals surface area (Å²) in [5, 5.41) is 3.50. The van der Waals surface area contributed by atoms with Gasteiger partial charge in [-0.05, 0) is 49.3 Å². The molecule has 1 heterocycles. The van der Waals surface area contributed by atoms with Crippen LogP contribution in [0.5, 0.6) is 5.75 Å². The zero-order chi connectivity index (χ0) is 19.4. The fourth-order valence-corrected chi connectivity index (χ4v) is 4.72. The number of thiophene rings is 1.